The van der Waals surface area contributed by atoms with Crippen molar-refractivity contribution in [2.45, 2.75) is 38.1 Å². The van der Waals surface area contributed by atoms with Gasteiger partial charge in [0.25, 0.3) is 0 Å². The van der Waals surface area contributed by atoms with Crippen LogP contribution in [0.3, 0.4) is 0 Å². The maximum Gasteiger partial charge on any atom is 0.0576 e. The lowest BCUT2D eigenvalue weighted by molar-refractivity contribution is 0.374. The summed E-state index contributed by atoms with van der Waals surface area (Å²) in [6.07, 6.45) is 12.4. The Morgan fingerprint density at radius 3 is 2.75 bits per heavy atom. The minimum Gasteiger partial charge on any atom is -0.303 e. The molecule has 0 aliphatic heterocycles. The molecule has 0 heterocycles. The van der Waals surface area contributed by atoms with E-state index in [9.17, 15) is 0 Å². The van der Waals surface area contributed by atoms with Crippen molar-refractivity contribution in [1.29, 1.82) is 0 Å². The third-order valence-electron chi connectivity index (χ3n) is 3.26. The summed E-state index contributed by atoms with van der Waals surface area (Å²) >= 11 is 0. The summed E-state index contributed by atoms with van der Waals surface area (Å²) in [4.78, 5) is 0. The second-order valence-electron chi connectivity index (χ2n) is 4.12. The highest BCUT2D eigenvalue weighted by molar-refractivity contribution is 4.96. The van der Waals surface area contributed by atoms with Gasteiger partial charge in [0.2, 0.25) is 0 Å². The molecular formula is C11H17N. The quantitative estimate of drug-likeness (QED) is 0.625. The van der Waals surface area contributed by atoms with Crippen LogP contribution in [-0.2, 0) is 0 Å². The highest BCUT2D eigenvalue weighted by Gasteiger charge is 2.38. The maximum absolute atomic E-state index is 5.23. The van der Waals surface area contributed by atoms with E-state index in [4.69, 9.17) is 6.42 Å². The van der Waals surface area contributed by atoms with Crippen LogP contribution < -0.4 is 5.32 Å². The van der Waals surface area contributed by atoms with E-state index in [2.05, 4.69) is 11.2 Å². The average Bonchev–Trinajstić information content (AvgIpc) is 2.83. The molecule has 1 nitrogen and oxygen atoms in total. The molecular weight excluding hydrogens is 146 g/mol. The van der Waals surface area contributed by atoms with Gasteiger partial charge in [-0.15, -0.1) is 6.42 Å². The molecule has 12 heavy (non-hydrogen) atoms. The van der Waals surface area contributed by atoms with Gasteiger partial charge in [-0.25, -0.2) is 0 Å². The predicted molar refractivity (Wildman–Crippen MR) is 50.7 cm³/mol. The Bertz CT molecular complexity index is 188. The molecule has 66 valence electrons. The minimum atomic E-state index is 0.744. The van der Waals surface area contributed by atoms with Gasteiger partial charge in [-0.2, -0.15) is 0 Å². The number of nitrogens with one attached hydrogen (secondary N) is 1. The van der Waals surface area contributed by atoms with Crippen molar-refractivity contribution in [2.75, 3.05) is 6.54 Å². The van der Waals surface area contributed by atoms with Crippen LogP contribution >= 0.6 is 0 Å². The van der Waals surface area contributed by atoms with Crippen LogP contribution in [0.1, 0.15) is 32.1 Å². The summed E-state index contributed by atoms with van der Waals surface area (Å²) < 4.78 is 0. The molecule has 1 heteroatoms. The zero-order valence-corrected chi connectivity index (χ0v) is 7.55. The van der Waals surface area contributed by atoms with Crippen LogP contribution in [0.4, 0.5) is 0 Å². The highest BCUT2D eigenvalue weighted by Crippen LogP contribution is 2.44. The Kier molecular flexibility index (Phi) is 2.37. The third-order valence-corrected chi connectivity index (χ3v) is 3.26. The Morgan fingerprint density at radius 2 is 2.08 bits per heavy atom. The van der Waals surface area contributed by atoms with E-state index in [1.807, 2.05) is 0 Å². The third kappa shape index (κ3) is 1.64. The topological polar surface area (TPSA) is 12.0 Å². The zero-order chi connectivity index (χ0) is 8.39. The molecule has 2 unspecified atom stereocenters. The van der Waals surface area contributed by atoms with Crippen LogP contribution in [0.15, 0.2) is 0 Å². The molecule has 1 N–H and O–H groups in total. The van der Waals surface area contributed by atoms with E-state index in [0.717, 1.165) is 24.4 Å². The first-order valence-electron chi connectivity index (χ1n) is 5.08. The number of terminal acetylenes is 1. The van der Waals surface area contributed by atoms with E-state index < -0.39 is 0 Å². The van der Waals surface area contributed by atoms with Crippen molar-refractivity contribution >= 4 is 0 Å². The molecule has 0 amide bonds. The Morgan fingerprint density at radius 1 is 1.25 bits per heavy atom. The highest BCUT2D eigenvalue weighted by atomic mass is 14.9. The van der Waals surface area contributed by atoms with Gasteiger partial charge in [-0.3, -0.25) is 0 Å². The molecule has 2 fully saturated rings. The summed E-state index contributed by atoms with van der Waals surface area (Å²) in [6, 6.07) is 0.744. The molecule has 2 aliphatic carbocycles. The first-order chi connectivity index (χ1) is 5.92. The molecule has 0 aromatic carbocycles. The van der Waals surface area contributed by atoms with Gasteiger partial charge in [0, 0.05) is 6.04 Å². The fourth-order valence-electron chi connectivity index (χ4n) is 2.52. The van der Waals surface area contributed by atoms with Crippen molar-refractivity contribution in [3.8, 4) is 12.3 Å². The lowest BCUT2D eigenvalue weighted by Crippen LogP contribution is -2.33. The lowest BCUT2D eigenvalue weighted by Gasteiger charge is -2.19. The molecule has 2 saturated carbocycles. The van der Waals surface area contributed by atoms with Crippen molar-refractivity contribution in [3.05, 3.63) is 0 Å². The molecule has 0 saturated heterocycles. The Balaban J connectivity index is 1.82. The summed E-state index contributed by atoms with van der Waals surface area (Å²) in [6.45, 7) is 0.758. The van der Waals surface area contributed by atoms with Crippen molar-refractivity contribution in [1.82, 2.24) is 5.32 Å². The fourth-order valence-corrected chi connectivity index (χ4v) is 2.52. The first kappa shape index (κ1) is 8.13. The molecule has 0 aromatic heterocycles. The normalized spacial score (nSPS) is 34.9. The Hall–Kier alpha value is -0.480. The number of hydrogen-bond acceptors (Lipinski definition) is 1. The standard InChI is InChI=1S/C11H17N/c1-2-8-12-11-5-3-4-10(11)9-6-7-9/h1,9-12H,3-8H2. The number of hydrogen-bond donors (Lipinski definition) is 1. The minimum absolute atomic E-state index is 0.744. The van der Waals surface area contributed by atoms with Crippen LogP contribution in [0.25, 0.3) is 0 Å². The molecule has 0 spiro atoms. The fraction of sp³-hybridized carbons (Fsp3) is 0.818. The van der Waals surface area contributed by atoms with E-state index in [1.54, 1.807) is 0 Å². The smallest absolute Gasteiger partial charge is 0.0576 e. The summed E-state index contributed by atoms with van der Waals surface area (Å²) in [5.74, 6) is 4.66. The monoisotopic (exact) mass is 163 g/mol. The molecule has 0 radical (unpaired) electrons. The molecule has 0 aromatic rings. The molecule has 2 atom stereocenters. The van der Waals surface area contributed by atoms with E-state index in [0.29, 0.717) is 0 Å². The summed E-state index contributed by atoms with van der Waals surface area (Å²) in [5.41, 5.74) is 0. The van der Waals surface area contributed by atoms with Crippen molar-refractivity contribution < 1.29 is 0 Å². The zero-order valence-electron chi connectivity index (χ0n) is 7.55. The van der Waals surface area contributed by atoms with Gasteiger partial charge in [-0.1, -0.05) is 12.3 Å². The maximum atomic E-state index is 5.23. The largest absolute Gasteiger partial charge is 0.303 e. The van der Waals surface area contributed by atoms with Crippen LogP contribution in [-0.4, -0.2) is 12.6 Å². The van der Waals surface area contributed by atoms with Crippen LogP contribution in [0.5, 0.6) is 0 Å². The van der Waals surface area contributed by atoms with Crippen molar-refractivity contribution in [3.63, 3.8) is 0 Å². The van der Waals surface area contributed by atoms with Crippen molar-refractivity contribution in [2.24, 2.45) is 11.8 Å². The average molecular weight is 163 g/mol. The Labute approximate surface area is 74.9 Å². The molecule has 0 bridgehead atoms. The summed E-state index contributed by atoms with van der Waals surface area (Å²) in [5, 5.41) is 3.47. The van der Waals surface area contributed by atoms with Gasteiger partial charge in [0.1, 0.15) is 0 Å². The van der Waals surface area contributed by atoms with E-state index >= 15 is 0 Å². The van der Waals surface area contributed by atoms with Gasteiger partial charge in [-0.05, 0) is 37.5 Å². The van der Waals surface area contributed by atoms with E-state index in [1.165, 1.54) is 32.1 Å². The second kappa shape index (κ2) is 3.49. The second-order valence-corrected chi connectivity index (χ2v) is 4.12. The van der Waals surface area contributed by atoms with Gasteiger partial charge in [0.15, 0.2) is 0 Å². The van der Waals surface area contributed by atoms with E-state index in [-0.39, 0.29) is 0 Å². The SMILES string of the molecule is C#CCNC1CCCC1C1CC1. The van der Waals surface area contributed by atoms with Crippen LogP contribution in [0.2, 0.25) is 0 Å². The first-order valence-corrected chi connectivity index (χ1v) is 5.08. The van der Waals surface area contributed by atoms with Gasteiger partial charge >= 0.3 is 0 Å². The molecule has 2 rings (SSSR count). The summed E-state index contributed by atoms with van der Waals surface area (Å²) in [7, 11) is 0. The van der Waals surface area contributed by atoms with Gasteiger partial charge < -0.3 is 5.32 Å². The van der Waals surface area contributed by atoms with Gasteiger partial charge in [0.05, 0.1) is 6.54 Å². The van der Waals surface area contributed by atoms with Crippen LogP contribution in [0, 0.1) is 24.2 Å². The molecule has 2 aliphatic rings. The predicted octanol–water partition coefficient (Wildman–Crippen LogP) is 1.79. The number of rotatable bonds is 3. The lowest BCUT2D eigenvalue weighted by atomic mass is 9.98.